The quantitative estimate of drug-likeness (QED) is 0.845. The van der Waals surface area contributed by atoms with Gasteiger partial charge in [0.1, 0.15) is 12.4 Å². The minimum atomic E-state index is -0.559. The van der Waals surface area contributed by atoms with E-state index in [0.717, 1.165) is 24.2 Å². The molecule has 0 spiro atoms. The highest BCUT2D eigenvalue weighted by atomic mass is 16.5. The Labute approximate surface area is 159 Å². The molecule has 0 radical (unpaired) electrons. The smallest absolute Gasteiger partial charge is 0.251 e. The third-order valence-corrected chi connectivity index (χ3v) is 5.55. The molecular formula is C20H27N3O4. The third-order valence-electron chi connectivity index (χ3n) is 5.55. The molecule has 27 heavy (non-hydrogen) atoms. The Balaban J connectivity index is 1.31. The first kappa shape index (κ1) is 18.3. The summed E-state index contributed by atoms with van der Waals surface area (Å²) in [5.74, 6) is 0.847. The topological polar surface area (TPSA) is 71.1 Å². The third kappa shape index (κ3) is 4.42. The van der Waals surface area contributed by atoms with Gasteiger partial charge in [-0.3, -0.25) is 14.5 Å². The fraction of sp³-hybridized carbons (Fsp3) is 0.600. The largest absolute Gasteiger partial charge is 0.492 e. The molecule has 2 amide bonds. The first-order valence-corrected chi connectivity index (χ1v) is 9.82. The molecule has 1 atom stereocenters. The summed E-state index contributed by atoms with van der Waals surface area (Å²) in [5.41, 5.74) is 1.10. The van der Waals surface area contributed by atoms with Crippen molar-refractivity contribution in [1.82, 2.24) is 15.1 Å². The van der Waals surface area contributed by atoms with Crippen LogP contribution in [0, 0.1) is 0 Å². The van der Waals surface area contributed by atoms with E-state index in [2.05, 4.69) is 10.2 Å². The van der Waals surface area contributed by atoms with E-state index in [0.29, 0.717) is 45.9 Å². The number of para-hydroxylation sites is 1. The molecular weight excluding hydrogens is 346 g/mol. The molecule has 7 heteroatoms. The molecule has 0 aromatic heterocycles. The van der Waals surface area contributed by atoms with Gasteiger partial charge in [-0.2, -0.15) is 0 Å². The van der Waals surface area contributed by atoms with Crippen molar-refractivity contribution in [1.29, 1.82) is 0 Å². The Morgan fingerprint density at radius 1 is 1.15 bits per heavy atom. The molecule has 2 aliphatic heterocycles. The molecule has 2 heterocycles. The lowest BCUT2D eigenvalue weighted by atomic mass is 9.93. The second-order valence-electron chi connectivity index (χ2n) is 7.50. The highest BCUT2D eigenvalue weighted by Gasteiger charge is 2.32. The number of fused-ring (bicyclic) bond motifs is 1. The van der Waals surface area contributed by atoms with Gasteiger partial charge >= 0.3 is 0 Å². The molecule has 0 bridgehead atoms. The minimum absolute atomic E-state index is 0.0409. The van der Waals surface area contributed by atoms with Crippen LogP contribution < -0.4 is 10.1 Å². The normalized spacial score (nSPS) is 23.6. The van der Waals surface area contributed by atoms with E-state index >= 15 is 0 Å². The molecule has 1 aromatic rings. The summed E-state index contributed by atoms with van der Waals surface area (Å²) < 4.78 is 11.4. The fourth-order valence-corrected chi connectivity index (χ4v) is 3.69. The lowest BCUT2D eigenvalue weighted by Crippen LogP contribution is -2.55. The maximum Gasteiger partial charge on any atom is 0.251 e. The predicted octanol–water partition coefficient (Wildman–Crippen LogP) is 0.777. The summed E-state index contributed by atoms with van der Waals surface area (Å²) in [7, 11) is 0. The molecule has 146 valence electrons. The number of morpholine rings is 1. The van der Waals surface area contributed by atoms with Gasteiger partial charge in [0, 0.05) is 31.2 Å². The van der Waals surface area contributed by atoms with E-state index < -0.39 is 6.10 Å². The Bertz CT molecular complexity index is 692. The number of carbonyl (C=O) groups excluding carboxylic acids is 2. The molecule has 1 aliphatic carbocycles. The van der Waals surface area contributed by atoms with Crippen molar-refractivity contribution in [2.24, 2.45) is 0 Å². The standard InChI is InChI=1S/C20H27N3O4/c24-19(14-22-8-10-26-17-7-2-1-4-15(17)12-22)23-9-11-27-18(13-23)20(25)21-16-5-3-6-16/h1-2,4,7,16,18H,3,5-6,8-14H2,(H,21,25)/t18-/m0/s1. The lowest BCUT2D eigenvalue weighted by molar-refractivity contribution is -0.148. The summed E-state index contributed by atoms with van der Waals surface area (Å²) >= 11 is 0. The molecule has 2 fully saturated rings. The summed E-state index contributed by atoms with van der Waals surface area (Å²) in [5, 5.41) is 3.02. The van der Waals surface area contributed by atoms with E-state index in [4.69, 9.17) is 9.47 Å². The van der Waals surface area contributed by atoms with Crippen LogP contribution in [0.2, 0.25) is 0 Å². The Kier molecular flexibility index (Phi) is 5.59. The number of nitrogens with one attached hydrogen (secondary N) is 1. The van der Waals surface area contributed by atoms with Crippen molar-refractivity contribution in [2.75, 3.05) is 39.4 Å². The van der Waals surface area contributed by atoms with Gasteiger partial charge in [0.2, 0.25) is 5.91 Å². The second-order valence-corrected chi connectivity index (χ2v) is 7.50. The first-order chi connectivity index (χ1) is 13.2. The van der Waals surface area contributed by atoms with Crippen LogP contribution in [0.25, 0.3) is 0 Å². The Hall–Kier alpha value is -2.12. The van der Waals surface area contributed by atoms with Gasteiger partial charge in [-0.05, 0) is 25.3 Å². The monoisotopic (exact) mass is 373 g/mol. The zero-order valence-corrected chi connectivity index (χ0v) is 15.6. The first-order valence-electron chi connectivity index (χ1n) is 9.82. The highest BCUT2D eigenvalue weighted by molar-refractivity contribution is 5.83. The fourth-order valence-electron chi connectivity index (χ4n) is 3.69. The van der Waals surface area contributed by atoms with E-state index in [-0.39, 0.29) is 17.9 Å². The Morgan fingerprint density at radius 2 is 2.00 bits per heavy atom. The van der Waals surface area contributed by atoms with E-state index in [1.165, 1.54) is 6.42 Å². The van der Waals surface area contributed by atoms with Gasteiger partial charge in [0.25, 0.3) is 5.91 Å². The van der Waals surface area contributed by atoms with Crippen molar-refractivity contribution in [3.05, 3.63) is 29.8 Å². The minimum Gasteiger partial charge on any atom is -0.492 e. The number of amides is 2. The van der Waals surface area contributed by atoms with Crippen molar-refractivity contribution < 1.29 is 19.1 Å². The molecule has 1 saturated heterocycles. The number of hydrogen-bond donors (Lipinski definition) is 1. The van der Waals surface area contributed by atoms with Crippen molar-refractivity contribution in [2.45, 2.75) is 38.0 Å². The van der Waals surface area contributed by atoms with Crippen LogP contribution in [0.15, 0.2) is 24.3 Å². The van der Waals surface area contributed by atoms with Crippen LogP contribution >= 0.6 is 0 Å². The maximum atomic E-state index is 12.8. The number of ether oxygens (including phenoxy) is 2. The SMILES string of the molecule is O=C(NC1CCC1)[C@@H]1CN(C(=O)CN2CCOc3ccccc3C2)CCO1. The zero-order chi connectivity index (χ0) is 18.6. The zero-order valence-electron chi connectivity index (χ0n) is 15.6. The second kappa shape index (κ2) is 8.27. The number of carbonyl (C=O) groups is 2. The summed E-state index contributed by atoms with van der Waals surface area (Å²) in [6, 6.07) is 8.23. The number of rotatable bonds is 4. The molecule has 3 aliphatic rings. The predicted molar refractivity (Wildman–Crippen MR) is 99.3 cm³/mol. The van der Waals surface area contributed by atoms with E-state index in [1.54, 1.807) is 4.90 Å². The maximum absolute atomic E-state index is 12.8. The molecule has 1 N–H and O–H groups in total. The molecule has 7 nitrogen and oxygen atoms in total. The average Bonchev–Trinajstić information content (AvgIpc) is 2.86. The van der Waals surface area contributed by atoms with Crippen LogP contribution in [-0.4, -0.2) is 73.2 Å². The average molecular weight is 373 g/mol. The van der Waals surface area contributed by atoms with Crippen LogP contribution in [0.3, 0.4) is 0 Å². The number of hydrogen-bond acceptors (Lipinski definition) is 5. The van der Waals surface area contributed by atoms with Gasteiger partial charge in [-0.15, -0.1) is 0 Å². The van der Waals surface area contributed by atoms with Crippen molar-refractivity contribution >= 4 is 11.8 Å². The Morgan fingerprint density at radius 3 is 2.81 bits per heavy atom. The number of benzene rings is 1. The van der Waals surface area contributed by atoms with Gasteiger partial charge in [-0.25, -0.2) is 0 Å². The van der Waals surface area contributed by atoms with Crippen molar-refractivity contribution in [3.63, 3.8) is 0 Å². The van der Waals surface area contributed by atoms with Crippen LogP contribution in [-0.2, 0) is 20.9 Å². The van der Waals surface area contributed by atoms with Crippen LogP contribution in [0.1, 0.15) is 24.8 Å². The summed E-state index contributed by atoms with van der Waals surface area (Å²) in [6.45, 7) is 3.56. The van der Waals surface area contributed by atoms with Gasteiger partial charge in [-0.1, -0.05) is 18.2 Å². The molecule has 0 unspecified atom stereocenters. The molecule has 4 rings (SSSR count). The summed E-state index contributed by atoms with van der Waals surface area (Å²) in [4.78, 5) is 29.0. The highest BCUT2D eigenvalue weighted by Crippen LogP contribution is 2.22. The summed E-state index contributed by atoms with van der Waals surface area (Å²) in [6.07, 6.45) is 2.69. The van der Waals surface area contributed by atoms with E-state index in [1.807, 2.05) is 24.3 Å². The van der Waals surface area contributed by atoms with Gasteiger partial charge < -0.3 is 19.7 Å². The van der Waals surface area contributed by atoms with Crippen LogP contribution in [0.4, 0.5) is 0 Å². The van der Waals surface area contributed by atoms with Gasteiger partial charge in [0.15, 0.2) is 6.10 Å². The molecule has 1 saturated carbocycles. The van der Waals surface area contributed by atoms with E-state index in [9.17, 15) is 9.59 Å². The molecule has 1 aromatic carbocycles. The van der Waals surface area contributed by atoms with Gasteiger partial charge in [0.05, 0.1) is 19.7 Å². The number of nitrogens with zero attached hydrogens (tertiary/aromatic N) is 2. The van der Waals surface area contributed by atoms with Crippen LogP contribution in [0.5, 0.6) is 5.75 Å². The van der Waals surface area contributed by atoms with Crippen molar-refractivity contribution in [3.8, 4) is 5.75 Å². The lowest BCUT2D eigenvalue weighted by Gasteiger charge is -2.35.